The second kappa shape index (κ2) is 10.3. The highest BCUT2D eigenvalue weighted by atomic mass is 19.1. The van der Waals surface area contributed by atoms with Gasteiger partial charge in [-0.1, -0.05) is 30.3 Å². The zero-order chi connectivity index (χ0) is 21.3. The van der Waals surface area contributed by atoms with Crippen molar-refractivity contribution >= 4 is 11.6 Å². The normalized spacial score (nSPS) is 10.5. The van der Waals surface area contributed by atoms with E-state index in [0.29, 0.717) is 43.1 Å². The third kappa shape index (κ3) is 5.29. The van der Waals surface area contributed by atoms with Gasteiger partial charge in [-0.15, -0.1) is 4.91 Å². The van der Waals surface area contributed by atoms with Gasteiger partial charge in [0.2, 0.25) is 0 Å². The van der Waals surface area contributed by atoms with E-state index in [1.807, 2.05) is 25.1 Å². The molecule has 0 fully saturated rings. The van der Waals surface area contributed by atoms with Crippen molar-refractivity contribution in [2.24, 2.45) is 5.18 Å². The monoisotopic (exact) mass is 406 g/mol. The van der Waals surface area contributed by atoms with E-state index in [9.17, 15) is 14.1 Å². The van der Waals surface area contributed by atoms with E-state index in [2.05, 4.69) is 5.18 Å². The SMILES string of the molecule is CCN(CCCOc1ccc(F)cc1)C(=O)c1ccccc1-c1ccc(N=O)cc1. The average Bonchev–Trinajstić information content (AvgIpc) is 2.80. The maximum atomic E-state index is 13.2. The van der Waals surface area contributed by atoms with Gasteiger partial charge in [0.1, 0.15) is 17.3 Å². The summed E-state index contributed by atoms with van der Waals surface area (Å²) in [5.74, 6) is 0.234. The molecule has 0 atom stereocenters. The van der Waals surface area contributed by atoms with Gasteiger partial charge >= 0.3 is 0 Å². The number of amides is 1. The molecule has 3 rings (SSSR count). The topological polar surface area (TPSA) is 59.0 Å². The summed E-state index contributed by atoms with van der Waals surface area (Å²) in [6.45, 7) is 3.47. The summed E-state index contributed by atoms with van der Waals surface area (Å²) in [5.41, 5.74) is 2.60. The lowest BCUT2D eigenvalue weighted by molar-refractivity contribution is 0.0757. The summed E-state index contributed by atoms with van der Waals surface area (Å²) in [6, 6.07) is 20.1. The van der Waals surface area contributed by atoms with Crippen molar-refractivity contribution in [3.05, 3.63) is 89.1 Å². The fourth-order valence-corrected chi connectivity index (χ4v) is 3.17. The predicted molar refractivity (Wildman–Crippen MR) is 115 cm³/mol. The van der Waals surface area contributed by atoms with Gasteiger partial charge in [-0.3, -0.25) is 4.79 Å². The molecule has 0 spiro atoms. The van der Waals surface area contributed by atoms with Gasteiger partial charge in [-0.05, 0) is 72.1 Å². The van der Waals surface area contributed by atoms with Crippen LogP contribution in [0.3, 0.4) is 0 Å². The van der Waals surface area contributed by atoms with Crippen molar-refractivity contribution in [3.63, 3.8) is 0 Å². The van der Waals surface area contributed by atoms with Crippen molar-refractivity contribution in [1.29, 1.82) is 0 Å². The minimum atomic E-state index is -0.305. The molecule has 0 aliphatic rings. The molecular formula is C24H23FN2O3. The lowest BCUT2D eigenvalue weighted by Gasteiger charge is -2.22. The molecule has 0 N–H and O–H groups in total. The van der Waals surface area contributed by atoms with Crippen LogP contribution >= 0.6 is 0 Å². The van der Waals surface area contributed by atoms with Crippen LogP contribution in [0.15, 0.2) is 78.0 Å². The second-order valence-electron chi connectivity index (χ2n) is 6.72. The number of halogens is 1. The first kappa shape index (κ1) is 21.2. The van der Waals surface area contributed by atoms with E-state index in [-0.39, 0.29) is 11.7 Å². The molecule has 6 heteroatoms. The zero-order valence-corrected chi connectivity index (χ0v) is 16.8. The quantitative estimate of drug-likeness (QED) is 0.332. The molecule has 154 valence electrons. The van der Waals surface area contributed by atoms with Crippen LogP contribution in [-0.4, -0.2) is 30.5 Å². The highest BCUT2D eigenvalue weighted by molar-refractivity contribution is 6.00. The molecular weight excluding hydrogens is 383 g/mol. The number of nitroso groups, excluding NO2 is 1. The average molecular weight is 406 g/mol. The molecule has 3 aromatic rings. The largest absolute Gasteiger partial charge is 0.494 e. The van der Waals surface area contributed by atoms with Gasteiger partial charge in [-0.2, -0.15) is 0 Å². The Hall–Kier alpha value is -3.54. The Bertz CT molecular complexity index is 988. The Morgan fingerprint density at radius 1 is 1.00 bits per heavy atom. The van der Waals surface area contributed by atoms with Crippen LogP contribution in [0.4, 0.5) is 10.1 Å². The number of hydrogen-bond acceptors (Lipinski definition) is 4. The molecule has 0 bridgehead atoms. The Balaban J connectivity index is 1.66. The summed E-state index contributed by atoms with van der Waals surface area (Å²) in [7, 11) is 0. The second-order valence-corrected chi connectivity index (χ2v) is 6.72. The molecule has 0 unspecified atom stereocenters. The fraction of sp³-hybridized carbons (Fsp3) is 0.208. The minimum absolute atomic E-state index is 0.0625. The smallest absolute Gasteiger partial charge is 0.254 e. The number of hydrogen-bond donors (Lipinski definition) is 0. The van der Waals surface area contributed by atoms with Crippen LogP contribution in [0.2, 0.25) is 0 Å². The predicted octanol–water partition coefficient (Wildman–Crippen LogP) is 5.82. The summed E-state index contributed by atoms with van der Waals surface area (Å²) >= 11 is 0. The zero-order valence-electron chi connectivity index (χ0n) is 16.8. The van der Waals surface area contributed by atoms with Gasteiger partial charge in [0.05, 0.1) is 6.61 Å². The summed E-state index contributed by atoms with van der Waals surface area (Å²) in [4.78, 5) is 25.6. The maximum absolute atomic E-state index is 13.2. The van der Waals surface area contributed by atoms with E-state index >= 15 is 0 Å². The van der Waals surface area contributed by atoms with E-state index < -0.39 is 0 Å². The lowest BCUT2D eigenvalue weighted by Crippen LogP contribution is -2.32. The summed E-state index contributed by atoms with van der Waals surface area (Å²) in [6.07, 6.45) is 0.652. The van der Waals surface area contributed by atoms with Gasteiger partial charge in [0.25, 0.3) is 5.91 Å². The number of nitrogens with zero attached hydrogens (tertiary/aromatic N) is 2. The molecule has 5 nitrogen and oxygen atoms in total. The van der Waals surface area contributed by atoms with E-state index in [4.69, 9.17) is 4.74 Å². The third-order valence-corrected chi connectivity index (χ3v) is 4.76. The van der Waals surface area contributed by atoms with Crippen LogP contribution in [0, 0.1) is 10.7 Å². The number of carbonyl (C=O) groups excluding carboxylic acids is 1. The maximum Gasteiger partial charge on any atom is 0.254 e. The fourth-order valence-electron chi connectivity index (χ4n) is 3.17. The number of carbonyl (C=O) groups is 1. The Morgan fingerprint density at radius 2 is 1.70 bits per heavy atom. The third-order valence-electron chi connectivity index (χ3n) is 4.76. The van der Waals surface area contributed by atoms with Gasteiger partial charge in [-0.25, -0.2) is 4.39 Å². The first-order valence-electron chi connectivity index (χ1n) is 9.83. The molecule has 30 heavy (non-hydrogen) atoms. The first-order valence-corrected chi connectivity index (χ1v) is 9.83. The Labute approximate surface area is 175 Å². The number of benzene rings is 3. The van der Waals surface area contributed by atoms with Crippen LogP contribution in [0.1, 0.15) is 23.7 Å². The summed E-state index contributed by atoms with van der Waals surface area (Å²) in [5, 5.41) is 2.92. The molecule has 0 aliphatic heterocycles. The lowest BCUT2D eigenvalue weighted by atomic mass is 9.98. The van der Waals surface area contributed by atoms with E-state index in [0.717, 1.165) is 11.1 Å². The van der Waals surface area contributed by atoms with Crippen LogP contribution < -0.4 is 4.74 Å². The molecule has 1 amide bonds. The van der Waals surface area contributed by atoms with Crippen LogP contribution in [0.5, 0.6) is 5.75 Å². The van der Waals surface area contributed by atoms with Crippen molar-refractivity contribution in [2.75, 3.05) is 19.7 Å². The number of rotatable bonds is 9. The summed E-state index contributed by atoms with van der Waals surface area (Å²) < 4.78 is 18.6. The van der Waals surface area contributed by atoms with Crippen LogP contribution in [0.25, 0.3) is 11.1 Å². The van der Waals surface area contributed by atoms with E-state index in [1.54, 1.807) is 47.4 Å². The van der Waals surface area contributed by atoms with Crippen molar-refractivity contribution in [2.45, 2.75) is 13.3 Å². The molecule has 0 saturated carbocycles. The molecule has 3 aromatic carbocycles. The van der Waals surface area contributed by atoms with E-state index in [1.165, 1.54) is 12.1 Å². The highest BCUT2D eigenvalue weighted by Gasteiger charge is 2.18. The van der Waals surface area contributed by atoms with Crippen molar-refractivity contribution in [1.82, 2.24) is 4.90 Å². The minimum Gasteiger partial charge on any atom is -0.494 e. The van der Waals surface area contributed by atoms with Gasteiger partial charge in [0, 0.05) is 18.7 Å². The highest BCUT2D eigenvalue weighted by Crippen LogP contribution is 2.27. The van der Waals surface area contributed by atoms with Crippen molar-refractivity contribution in [3.8, 4) is 16.9 Å². The Kier molecular flexibility index (Phi) is 7.27. The standard InChI is InChI=1S/C24H23FN2O3/c1-2-27(16-5-17-30-21-14-10-19(25)11-15-21)24(28)23-7-4-3-6-22(23)18-8-12-20(26-29)13-9-18/h3-4,6-15H,2,5,16-17H2,1H3. The van der Waals surface area contributed by atoms with Crippen LogP contribution in [-0.2, 0) is 0 Å². The first-order chi connectivity index (χ1) is 14.6. The molecule has 0 radical (unpaired) electrons. The number of ether oxygens (including phenoxy) is 1. The molecule has 0 heterocycles. The van der Waals surface area contributed by atoms with Gasteiger partial charge in [0.15, 0.2) is 0 Å². The Morgan fingerprint density at radius 3 is 2.37 bits per heavy atom. The molecule has 0 aromatic heterocycles. The van der Waals surface area contributed by atoms with Crippen molar-refractivity contribution < 1.29 is 13.9 Å². The molecule has 0 saturated heterocycles. The molecule has 0 aliphatic carbocycles. The van der Waals surface area contributed by atoms with Gasteiger partial charge < -0.3 is 9.64 Å².